The van der Waals surface area contributed by atoms with Crippen molar-refractivity contribution in [2.45, 2.75) is 11.3 Å². The zero-order chi connectivity index (χ0) is 18.4. The predicted molar refractivity (Wildman–Crippen MR) is 101 cm³/mol. The fraction of sp³-hybridized carbons (Fsp3) is 0.0952. The third-order valence-electron chi connectivity index (χ3n) is 3.78. The summed E-state index contributed by atoms with van der Waals surface area (Å²) in [5.41, 5.74) is 2.86. The first-order valence-electron chi connectivity index (χ1n) is 8.11. The van der Waals surface area contributed by atoms with Gasteiger partial charge in [-0.2, -0.15) is 0 Å². The minimum atomic E-state index is -0.534. The van der Waals surface area contributed by atoms with Gasteiger partial charge in [-0.15, -0.1) is 11.8 Å². The van der Waals surface area contributed by atoms with E-state index in [1.807, 2.05) is 54.6 Å². The van der Waals surface area contributed by atoms with Gasteiger partial charge in [0.2, 0.25) is 5.91 Å². The van der Waals surface area contributed by atoms with Crippen molar-refractivity contribution in [2.75, 3.05) is 11.1 Å². The van der Waals surface area contributed by atoms with Crippen molar-refractivity contribution in [2.24, 2.45) is 0 Å². The van der Waals surface area contributed by atoms with Crippen molar-refractivity contribution in [3.05, 3.63) is 95.6 Å². The van der Waals surface area contributed by atoms with Crippen molar-refractivity contribution in [1.82, 2.24) is 0 Å². The summed E-state index contributed by atoms with van der Waals surface area (Å²) in [6.45, 7) is 0. The van der Waals surface area contributed by atoms with E-state index in [2.05, 4.69) is 5.32 Å². The first-order chi connectivity index (χ1) is 12.6. The first-order valence-corrected chi connectivity index (χ1v) is 9.10. The van der Waals surface area contributed by atoms with E-state index < -0.39 is 11.6 Å². The molecule has 1 N–H and O–H groups in total. The van der Waals surface area contributed by atoms with Crippen molar-refractivity contribution in [3.8, 4) is 0 Å². The molecule has 1 amide bonds. The molecule has 0 spiro atoms. The highest BCUT2D eigenvalue weighted by atomic mass is 32.2. The molecule has 132 valence electrons. The average molecular weight is 369 g/mol. The van der Waals surface area contributed by atoms with E-state index in [4.69, 9.17) is 0 Å². The van der Waals surface area contributed by atoms with Gasteiger partial charge in [0.15, 0.2) is 0 Å². The minimum absolute atomic E-state index is 0.0000442. The molecule has 2 nitrogen and oxygen atoms in total. The Balaban J connectivity index is 1.65. The van der Waals surface area contributed by atoms with Crippen LogP contribution in [0.15, 0.2) is 77.7 Å². The molecular formula is C21H17F2NOS. The molecule has 3 aromatic carbocycles. The lowest BCUT2D eigenvalue weighted by Gasteiger charge is -2.11. The second-order valence-electron chi connectivity index (χ2n) is 5.73. The quantitative estimate of drug-likeness (QED) is 0.599. The number of hydrogen-bond acceptors (Lipinski definition) is 2. The molecule has 26 heavy (non-hydrogen) atoms. The van der Waals surface area contributed by atoms with Crippen LogP contribution in [0.1, 0.15) is 11.1 Å². The lowest BCUT2D eigenvalue weighted by molar-refractivity contribution is -0.113. The fourth-order valence-corrected chi connectivity index (χ4v) is 3.29. The predicted octanol–water partition coefficient (Wildman–Crippen LogP) is 5.29. The van der Waals surface area contributed by atoms with Crippen LogP contribution in [0, 0.1) is 11.6 Å². The van der Waals surface area contributed by atoms with Crippen molar-refractivity contribution in [3.63, 3.8) is 0 Å². The Kier molecular flexibility index (Phi) is 6.02. The van der Waals surface area contributed by atoms with Gasteiger partial charge < -0.3 is 5.32 Å². The van der Waals surface area contributed by atoms with E-state index in [9.17, 15) is 13.6 Å². The van der Waals surface area contributed by atoms with Crippen LogP contribution >= 0.6 is 11.8 Å². The molecule has 0 heterocycles. The Morgan fingerprint density at radius 3 is 2.46 bits per heavy atom. The van der Waals surface area contributed by atoms with Gasteiger partial charge in [-0.1, -0.05) is 48.5 Å². The van der Waals surface area contributed by atoms with Crippen molar-refractivity contribution < 1.29 is 13.6 Å². The summed E-state index contributed by atoms with van der Waals surface area (Å²) in [5, 5.41) is 2.86. The minimum Gasteiger partial charge on any atom is -0.325 e. The number of amides is 1. The average Bonchev–Trinajstić information content (AvgIpc) is 2.65. The normalized spacial score (nSPS) is 10.5. The van der Waals surface area contributed by atoms with Gasteiger partial charge in [0.1, 0.15) is 11.6 Å². The Morgan fingerprint density at radius 2 is 1.65 bits per heavy atom. The molecule has 3 rings (SSSR count). The van der Waals surface area contributed by atoms with E-state index in [1.165, 1.54) is 0 Å². The molecule has 0 aliphatic heterocycles. The Morgan fingerprint density at radius 1 is 0.923 bits per heavy atom. The molecule has 0 fully saturated rings. The maximum Gasteiger partial charge on any atom is 0.234 e. The number of para-hydroxylation sites is 1. The van der Waals surface area contributed by atoms with E-state index in [0.717, 1.165) is 46.8 Å². The number of hydrogen-bond donors (Lipinski definition) is 1. The molecule has 0 radical (unpaired) electrons. The number of anilines is 1. The summed E-state index contributed by atoms with van der Waals surface area (Å²) in [4.78, 5) is 12.4. The number of carbonyl (C=O) groups excluding carboxylic acids is 1. The lowest BCUT2D eigenvalue weighted by Crippen LogP contribution is -2.15. The molecule has 0 aliphatic carbocycles. The van der Waals surface area contributed by atoms with Gasteiger partial charge in [0.05, 0.1) is 5.75 Å². The third kappa shape index (κ3) is 4.92. The van der Waals surface area contributed by atoms with Crippen LogP contribution in [0.4, 0.5) is 14.5 Å². The number of rotatable bonds is 6. The molecule has 0 saturated heterocycles. The Hall–Kier alpha value is -2.66. The highest BCUT2D eigenvalue weighted by molar-refractivity contribution is 8.00. The number of carbonyl (C=O) groups is 1. The summed E-state index contributed by atoms with van der Waals surface area (Å²) in [6, 6.07) is 20.7. The standard InChI is InChI=1S/C21H17F2NOS/c22-17-10-11-18(23)20(13-17)26-14-21(25)24-19-9-5-4-8-16(19)12-15-6-2-1-3-7-15/h1-11,13H,12,14H2,(H,24,25). The first kappa shape index (κ1) is 18.1. The highest BCUT2D eigenvalue weighted by Gasteiger charge is 2.10. The number of benzene rings is 3. The molecule has 0 saturated carbocycles. The molecule has 0 unspecified atom stereocenters. The summed E-state index contributed by atoms with van der Waals surface area (Å²) < 4.78 is 26.8. The van der Waals surface area contributed by atoms with Gasteiger partial charge in [-0.25, -0.2) is 8.78 Å². The van der Waals surface area contributed by atoms with E-state index in [-0.39, 0.29) is 16.6 Å². The molecule has 0 bridgehead atoms. The van der Waals surface area contributed by atoms with Crippen LogP contribution in [0.3, 0.4) is 0 Å². The van der Waals surface area contributed by atoms with E-state index in [1.54, 1.807) is 0 Å². The van der Waals surface area contributed by atoms with Crippen LogP contribution in [0.25, 0.3) is 0 Å². The van der Waals surface area contributed by atoms with Crippen LogP contribution in [0.2, 0.25) is 0 Å². The van der Waals surface area contributed by atoms with Gasteiger partial charge in [0.25, 0.3) is 0 Å². The maximum atomic E-state index is 13.6. The smallest absolute Gasteiger partial charge is 0.234 e. The largest absolute Gasteiger partial charge is 0.325 e. The van der Waals surface area contributed by atoms with Crippen molar-refractivity contribution >= 4 is 23.4 Å². The van der Waals surface area contributed by atoms with Gasteiger partial charge in [-0.05, 0) is 41.8 Å². The number of nitrogens with one attached hydrogen (secondary N) is 1. The molecule has 0 aliphatic rings. The van der Waals surface area contributed by atoms with E-state index in [0.29, 0.717) is 6.42 Å². The maximum absolute atomic E-state index is 13.6. The topological polar surface area (TPSA) is 29.1 Å². The van der Waals surface area contributed by atoms with E-state index >= 15 is 0 Å². The van der Waals surface area contributed by atoms with Crippen LogP contribution in [-0.2, 0) is 11.2 Å². The number of halogens is 2. The van der Waals surface area contributed by atoms with Gasteiger partial charge in [-0.3, -0.25) is 4.79 Å². The summed E-state index contributed by atoms with van der Waals surface area (Å²) >= 11 is 0.971. The molecule has 3 aromatic rings. The van der Waals surface area contributed by atoms with Crippen LogP contribution < -0.4 is 5.32 Å². The zero-order valence-corrected chi connectivity index (χ0v) is 14.7. The zero-order valence-electron chi connectivity index (χ0n) is 13.9. The lowest BCUT2D eigenvalue weighted by atomic mass is 10.0. The SMILES string of the molecule is O=C(CSc1cc(F)ccc1F)Nc1ccccc1Cc1ccccc1. The summed E-state index contributed by atoms with van der Waals surface area (Å²) in [5.74, 6) is -1.32. The molecule has 0 atom stereocenters. The summed E-state index contributed by atoms with van der Waals surface area (Å²) in [6.07, 6.45) is 0.697. The van der Waals surface area contributed by atoms with Crippen molar-refractivity contribution in [1.29, 1.82) is 0 Å². The second-order valence-corrected chi connectivity index (χ2v) is 6.75. The number of thioether (sulfide) groups is 1. The van der Waals surface area contributed by atoms with Gasteiger partial charge >= 0.3 is 0 Å². The fourth-order valence-electron chi connectivity index (χ4n) is 2.53. The summed E-state index contributed by atoms with van der Waals surface area (Å²) in [7, 11) is 0. The Bertz CT molecular complexity index is 900. The Labute approximate surface area is 155 Å². The molecular weight excluding hydrogens is 352 g/mol. The third-order valence-corrected chi connectivity index (χ3v) is 4.81. The second kappa shape index (κ2) is 8.63. The van der Waals surface area contributed by atoms with Crippen LogP contribution in [-0.4, -0.2) is 11.7 Å². The molecule has 5 heteroatoms. The monoisotopic (exact) mass is 369 g/mol. The highest BCUT2D eigenvalue weighted by Crippen LogP contribution is 2.24. The molecule has 0 aromatic heterocycles. The van der Waals surface area contributed by atoms with Crippen LogP contribution in [0.5, 0.6) is 0 Å². The van der Waals surface area contributed by atoms with Gasteiger partial charge in [0, 0.05) is 10.6 Å².